The second kappa shape index (κ2) is 6.24. The number of methoxy groups -OCH3 is 1. The highest BCUT2D eigenvalue weighted by molar-refractivity contribution is 7.99. The van der Waals surface area contributed by atoms with Gasteiger partial charge in [-0.15, -0.1) is 0 Å². The Hall–Kier alpha value is -1.62. The van der Waals surface area contributed by atoms with Crippen molar-refractivity contribution in [1.29, 1.82) is 0 Å². The molecule has 0 amide bonds. The Morgan fingerprint density at radius 1 is 1.09 bits per heavy atom. The molecule has 0 fully saturated rings. The maximum absolute atomic E-state index is 12.0. The highest BCUT2D eigenvalue weighted by Gasteiger charge is 2.19. The molecule has 2 aromatic carbocycles. The van der Waals surface area contributed by atoms with Gasteiger partial charge in [0.2, 0.25) is 0 Å². The maximum Gasteiger partial charge on any atom is 0.355 e. The summed E-state index contributed by atoms with van der Waals surface area (Å²) in [6.45, 7) is 0. The van der Waals surface area contributed by atoms with Crippen molar-refractivity contribution in [3.05, 3.63) is 58.2 Å². The number of halogens is 2. The van der Waals surface area contributed by atoms with Gasteiger partial charge in [-0.1, -0.05) is 35.0 Å². The van der Waals surface area contributed by atoms with Crippen LogP contribution >= 0.6 is 35.0 Å². The molecule has 1 aromatic heterocycles. The lowest BCUT2D eigenvalue weighted by molar-refractivity contribution is 0.0591. The number of ether oxygens (including phenoxy) is 1. The van der Waals surface area contributed by atoms with Crippen LogP contribution in [-0.4, -0.2) is 18.1 Å². The SMILES string of the molecule is COC(=O)c1[nH]c2ccc(Cl)cc2c1Sc1ccc(Cl)cc1. The van der Waals surface area contributed by atoms with Gasteiger partial charge < -0.3 is 9.72 Å². The van der Waals surface area contributed by atoms with Crippen LogP contribution in [0.25, 0.3) is 10.9 Å². The van der Waals surface area contributed by atoms with E-state index in [2.05, 4.69) is 4.98 Å². The summed E-state index contributed by atoms with van der Waals surface area (Å²) in [7, 11) is 1.36. The Morgan fingerprint density at radius 3 is 2.45 bits per heavy atom. The largest absolute Gasteiger partial charge is 0.464 e. The van der Waals surface area contributed by atoms with Crippen LogP contribution in [0.3, 0.4) is 0 Å². The van der Waals surface area contributed by atoms with E-state index in [0.717, 1.165) is 20.7 Å². The summed E-state index contributed by atoms with van der Waals surface area (Å²) in [5, 5.41) is 2.16. The van der Waals surface area contributed by atoms with Crippen molar-refractivity contribution in [2.24, 2.45) is 0 Å². The number of rotatable bonds is 3. The number of esters is 1. The van der Waals surface area contributed by atoms with Gasteiger partial charge in [-0.05, 0) is 42.5 Å². The van der Waals surface area contributed by atoms with E-state index in [-0.39, 0.29) is 0 Å². The van der Waals surface area contributed by atoms with Crippen molar-refractivity contribution in [3.63, 3.8) is 0 Å². The van der Waals surface area contributed by atoms with Crippen molar-refractivity contribution < 1.29 is 9.53 Å². The molecule has 0 aliphatic heterocycles. The fourth-order valence-corrected chi connectivity index (χ4v) is 3.43. The molecule has 0 aliphatic carbocycles. The summed E-state index contributed by atoms with van der Waals surface area (Å²) in [4.78, 5) is 16.9. The van der Waals surface area contributed by atoms with Gasteiger partial charge in [-0.2, -0.15) is 0 Å². The number of carbonyl (C=O) groups excluding carboxylic acids is 1. The number of aromatic amines is 1. The summed E-state index contributed by atoms with van der Waals surface area (Å²) < 4.78 is 4.86. The van der Waals surface area contributed by atoms with Crippen molar-refractivity contribution in [2.75, 3.05) is 7.11 Å². The van der Waals surface area contributed by atoms with Crippen LogP contribution in [0.4, 0.5) is 0 Å². The molecule has 1 N–H and O–H groups in total. The number of nitrogens with one attached hydrogen (secondary N) is 1. The van der Waals surface area contributed by atoms with E-state index in [1.165, 1.54) is 18.9 Å². The molecule has 0 radical (unpaired) electrons. The third kappa shape index (κ3) is 2.95. The van der Waals surface area contributed by atoms with Crippen molar-refractivity contribution in [3.8, 4) is 0 Å². The minimum atomic E-state index is -0.413. The molecule has 22 heavy (non-hydrogen) atoms. The summed E-state index contributed by atoms with van der Waals surface area (Å²) in [6, 6.07) is 12.9. The number of carbonyl (C=O) groups is 1. The molecule has 0 saturated heterocycles. The zero-order valence-electron chi connectivity index (χ0n) is 11.5. The summed E-state index contributed by atoms with van der Waals surface area (Å²) in [5.74, 6) is -0.413. The lowest BCUT2D eigenvalue weighted by atomic mass is 10.2. The molecule has 0 atom stereocenters. The predicted octanol–water partition coefficient (Wildman–Crippen LogP) is 5.41. The average molecular weight is 352 g/mol. The minimum absolute atomic E-state index is 0.413. The van der Waals surface area contributed by atoms with Gasteiger partial charge in [-0.3, -0.25) is 0 Å². The third-order valence-electron chi connectivity index (χ3n) is 3.14. The zero-order valence-corrected chi connectivity index (χ0v) is 13.9. The van der Waals surface area contributed by atoms with Crippen LogP contribution in [0, 0.1) is 0 Å². The van der Waals surface area contributed by atoms with Gasteiger partial charge in [0.1, 0.15) is 5.69 Å². The van der Waals surface area contributed by atoms with E-state index in [1.54, 1.807) is 6.07 Å². The number of hydrogen-bond donors (Lipinski definition) is 1. The van der Waals surface area contributed by atoms with E-state index < -0.39 is 5.97 Å². The molecule has 1 heterocycles. The quantitative estimate of drug-likeness (QED) is 0.641. The zero-order chi connectivity index (χ0) is 15.7. The molecule has 0 aliphatic rings. The third-order valence-corrected chi connectivity index (χ3v) is 4.76. The van der Waals surface area contributed by atoms with Crippen LogP contribution in [0.15, 0.2) is 52.3 Å². The van der Waals surface area contributed by atoms with Gasteiger partial charge in [-0.25, -0.2) is 4.79 Å². The monoisotopic (exact) mass is 351 g/mol. The van der Waals surface area contributed by atoms with Gasteiger partial charge in [0.05, 0.1) is 12.0 Å². The minimum Gasteiger partial charge on any atom is -0.464 e. The van der Waals surface area contributed by atoms with Crippen LogP contribution in [0.5, 0.6) is 0 Å². The lowest BCUT2D eigenvalue weighted by Crippen LogP contribution is -2.02. The number of benzene rings is 2. The van der Waals surface area contributed by atoms with Gasteiger partial charge >= 0.3 is 5.97 Å². The van der Waals surface area contributed by atoms with E-state index in [4.69, 9.17) is 27.9 Å². The number of fused-ring (bicyclic) bond motifs is 1. The first kappa shape index (κ1) is 15.3. The average Bonchev–Trinajstić information content (AvgIpc) is 2.87. The fraction of sp³-hybridized carbons (Fsp3) is 0.0625. The maximum atomic E-state index is 12.0. The van der Waals surface area contributed by atoms with Crippen LogP contribution < -0.4 is 0 Å². The smallest absolute Gasteiger partial charge is 0.355 e. The first-order chi connectivity index (χ1) is 10.6. The molecule has 3 aromatic rings. The topological polar surface area (TPSA) is 42.1 Å². The Balaban J connectivity index is 2.13. The van der Waals surface area contributed by atoms with Gasteiger partial charge in [0.15, 0.2) is 0 Å². The first-order valence-corrected chi connectivity index (χ1v) is 7.98. The highest BCUT2D eigenvalue weighted by atomic mass is 35.5. The standard InChI is InChI=1S/C16H11Cl2NO2S/c1-21-16(20)14-15(22-11-5-2-9(17)3-6-11)12-8-10(18)4-7-13(12)19-14/h2-8,19H,1H3. The molecular weight excluding hydrogens is 341 g/mol. The number of hydrogen-bond acceptors (Lipinski definition) is 3. The summed E-state index contributed by atoms with van der Waals surface area (Å²) in [6.07, 6.45) is 0. The molecule has 3 rings (SSSR count). The molecule has 0 spiro atoms. The van der Waals surface area contributed by atoms with E-state index >= 15 is 0 Å². The van der Waals surface area contributed by atoms with Crippen molar-refractivity contribution in [2.45, 2.75) is 9.79 Å². The molecule has 0 bridgehead atoms. The molecule has 112 valence electrons. The van der Waals surface area contributed by atoms with Gasteiger partial charge in [0.25, 0.3) is 0 Å². The van der Waals surface area contributed by atoms with E-state index in [0.29, 0.717) is 15.7 Å². The molecule has 0 saturated carbocycles. The van der Waals surface area contributed by atoms with Crippen LogP contribution in [-0.2, 0) is 4.74 Å². The first-order valence-electron chi connectivity index (χ1n) is 6.41. The second-order valence-electron chi connectivity index (χ2n) is 4.57. The number of H-pyrrole nitrogens is 1. The molecule has 3 nitrogen and oxygen atoms in total. The Labute approximate surface area is 141 Å². The van der Waals surface area contributed by atoms with E-state index in [1.807, 2.05) is 36.4 Å². The van der Waals surface area contributed by atoms with Crippen molar-refractivity contribution in [1.82, 2.24) is 4.98 Å². The lowest BCUT2D eigenvalue weighted by Gasteiger charge is -2.04. The van der Waals surface area contributed by atoms with Crippen molar-refractivity contribution >= 4 is 51.8 Å². The van der Waals surface area contributed by atoms with Crippen LogP contribution in [0.1, 0.15) is 10.5 Å². The highest BCUT2D eigenvalue weighted by Crippen LogP contribution is 2.38. The Morgan fingerprint density at radius 2 is 1.77 bits per heavy atom. The molecule has 6 heteroatoms. The van der Waals surface area contributed by atoms with E-state index in [9.17, 15) is 4.79 Å². The predicted molar refractivity (Wildman–Crippen MR) is 90.2 cm³/mol. The summed E-state index contributed by atoms with van der Waals surface area (Å²) in [5.41, 5.74) is 1.25. The number of aromatic nitrogens is 1. The molecular formula is C16H11Cl2NO2S. The second-order valence-corrected chi connectivity index (χ2v) is 6.52. The molecule has 0 unspecified atom stereocenters. The fourth-order valence-electron chi connectivity index (χ4n) is 2.11. The Bertz CT molecular complexity index is 843. The summed E-state index contributed by atoms with van der Waals surface area (Å²) >= 11 is 13.4. The normalized spacial score (nSPS) is 10.9. The van der Waals surface area contributed by atoms with Crippen LogP contribution in [0.2, 0.25) is 10.0 Å². The van der Waals surface area contributed by atoms with Gasteiger partial charge in [0, 0.05) is 25.8 Å². The Kier molecular flexibility index (Phi) is 4.34.